The molecular weight excluding hydrogens is 266 g/mol. The SMILES string of the molecule is O=C1CCC(C(=O)NC2CCN(c3ccccc3)CC2)N1. The minimum Gasteiger partial charge on any atom is -0.371 e. The van der Waals surface area contributed by atoms with Crippen LogP contribution in [-0.2, 0) is 9.59 Å². The van der Waals surface area contributed by atoms with Crippen molar-refractivity contribution < 1.29 is 9.59 Å². The lowest BCUT2D eigenvalue weighted by molar-refractivity contribution is -0.126. The first-order valence-corrected chi connectivity index (χ1v) is 7.62. The molecule has 2 aliphatic heterocycles. The first-order valence-electron chi connectivity index (χ1n) is 7.62. The number of nitrogens with zero attached hydrogens (tertiary/aromatic N) is 1. The van der Waals surface area contributed by atoms with Gasteiger partial charge in [-0.05, 0) is 31.4 Å². The van der Waals surface area contributed by atoms with Crippen molar-refractivity contribution in [1.29, 1.82) is 0 Å². The van der Waals surface area contributed by atoms with E-state index in [2.05, 4.69) is 27.7 Å². The van der Waals surface area contributed by atoms with Crippen molar-refractivity contribution in [3.8, 4) is 0 Å². The van der Waals surface area contributed by atoms with Crippen molar-refractivity contribution in [1.82, 2.24) is 10.6 Å². The number of amides is 2. The lowest BCUT2D eigenvalue weighted by Gasteiger charge is -2.34. The Balaban J connectivity index is 1.48. The monoisotopic (exact) mass is 287 g/mol. The van der Waals surface area contributed by atoms with Crippen LogP contribution in [0.4, 0.5) is 5.69 Å². The van der Waals surface area contributed by atoms with Crippen molar-refractivity contribution >= 4 is 17.5 Å². The second-order valence-electron chi connectivity index (χ2n) is 5.76. The van der Waals surface area contributed by atoms with Gasteiger partial charge in [-0.2, -0.15) is 0 Å². The van der Waals surface area contributed by atoms with E-state index < -0.39 is 0 Å². The molecule has 3 rings (SSSR count). The van der Waals surface area contributed by atoms with Crippen molar-refractivity contribution in [2.75, 3.05) is 18.0 Å². The van der Waals surface area contributed by atoms with Gasteiger partial charge in [0.15, 0.2) is 0 Å². The number of rotatable bonds is 3. The van der Waals surface area contributed by atoms with Crippen molar-refractivity contribution in [3.63, 3.8) is 0 Å². The highest BCUT2D eigenvalue weighted by Crippen LogP contribution is 2.19. The first-order chi connectivity index (χ1) is 10.2. The second kappa shape index (κ2) is 6.16. The predicted molar refractivity (Wildman–Crippen MR) is 81.0 cm³/mol. The van der Waals surface area contributed by atoms with E-state index in [0.717, 1.165) is 25.9 Å². The van der Waals surface area contributed by atoms with Gasteiger partial charge in [0.1, 0.15) is 6.04 Å². The Kier molecular flexibility index (Phi) is 4.08. The van der Waals surface area contributed by atoms with E-state index in [-0.39, 0.29) is 23.9 Å². The third-order valence-electron chi connectivity index (χ3n) is 4.27. The molecule has 1 unspecified atom stereocenters. The molecule has 1 aromatic carbocycles. The van der Waals surface area contributed by atoms with Crippen molar-refractivity contribution in [3.05, 3.63) is 30.3 Å². The van der Waals surface area contributed by atoms with Gasteiger partial charge in [-0.3, -0.25) is 9.59 Å². The number of hydrogen-bond acceptors (Lipinski definition) is 3. The summed E-state index contributed by atoms with van der Waals surface area (Å²) in [6.07, 6.45) is 2.97. The van der Waals surface area contributed by atoms with E-state index in [1.807, 2.05) is 18.2 Å². The topological polar surface area (TPSA) is 61.4 Å². The van der Waals surface area contributed by atoms with Crippen LogP contribution in [0.25, 0.3) is 0 Å². The lowest BCUT2D eigenvalue weighted by atomic mass is 10.0. The fraction of sp³-hybridized carbons (Fsp3) is 0.500. The molecule has 2 aliphatic rings. The van der Waals surface area contributed by atoms with Gasteiger partial charge in [0.2, 0.25) is 11.8 Å². The number of anilines is 1. The van der Waals surface area contributed by atoms with Crippen LogP contribution in [0.1, 0.15) is 25.7 Å². The van der Waals surface area contributed by atoms with Crippen LogP contribution in [0.5, 0.6) is 0 Å². The van der Waals surface area contributed by atoms with Crippen LogP contribution in [0.2, 0.25) is 0 Å². The highest BCUT2D eigenvalue weighted by molar-refractivity contribution is 5.90. The lowest BCUT2D eigenvalue weighted by Crippen LogP contribution is -2.49. The van der Waals surface area contributed by atoms with Gasteiger partial charge in [0, 0.05) is 31.2 Å². The highest BCUT2D eigenvalue weighted by Gasteiger charge is 2.29. The summed E-state index contributed by atoms with van der Waals surface area (Å²) in [6.45, 7) is 1.90. The molecule has 5 heteroatoms. The molecule has 1 atom stereocenters. The fourth-order valence-electron chi connectivity index (χ4n) is 3.03. The summed E-state index contributed by atoms with van der Waals surface area (Å²) in [4.78, 5) is 25.6. The Labute approximate surface area is 124 Å². The molecule has 112 valence electrons. The molecular formula is C16H21N3O2. The predicted octanol–water partition coefficient (Wildman–Crippen LogP) is 1.05. The molecule has 0 aliphatic carbocycles. The van der Waals surface area contributed by atoms with Gasteiger partial charge < -0.3 is 15.5 Å². The summed E-state index contributed by atoms with van der Waals surface area (Å²) in [5, 5.41) is 5.79. The van der Waals surface area contributed by atoms with Gasteiger partial charge in [0.25, 0.3) is 0 Å². The Morgan fingerprint density at radius 3 is 2.48 bits per heavy atom. The van der Waals surface area contributed by atoms with Crippen molar-refractivity contribution in [2.45, 2.75) is 37.8 Å². The van der Waals surface area contributed by atoms with E-state index >= 15 is 0 Å². The number of para-hydroxylation sites is 1. The summed E-state index contributed by atoms with van der Waals surface area (Å²) in [5.41, 5.74) is 1.24. The highest BCUT2D eigenvalue weighted by atomic mass is 16.2. The van der Waals surface area contributed by atoms with E-state index in [0.29, 0.717) is 12.8 Å². The summed E-state index contributed by atoms with van der Waals surface area (Å²) < 4.78 is 0. The molecule has 5 nitrogen and oxygen atoms in total. The third kappa shape index (κ3) is 3.35. The normalized spacial score (nSPS) is 23.0. The summed E-state index contributed by atoms with van der Waals surface area (Å²) in [5.74, 6) is -0.0481. The molecule has 0 saturated carbocycles. The van der Waals surface area contributed by atoms with Gasteiger partial charge in [0.05, 0.1) is 0 Å². The zero-order valence-corrected chi connectivity index (χ0v) is 12.0. The summed E-state index contributed by atoms with van der Waals surface area (Å²) in [7, 11) is 0. The minimum absolute atomic E-state index is 0.0194. The quantitative estimate of drug-likeness (QED) is 0.873. The Bertz CT molecular complexity index is 510. The number of benzene rings is 1. The number of carbonyl (C=O) groups excluding carboxylic acids is 2. The number of hydrogen-bond donors (Lipinski definition) is 2. The molecule has 2 N–H and O–H groups in total. The smallest absolute Gasteiger partial charge is 0.242 e. The summed E-state index contributed by atoms with van der Waals surface area (Å²) in [6, 6.07) is 10.2. The van der Waals surface area contributed by atoms with E-state index in [4.69, 9.17) is 0 Å². The zero-order chi connectivity index (χ0) is 14.7. The van der Waals surface area contributed by atoms with Gasteiger partial charge in [-0.15, -0.1) is 0 Å². The maximum absolute atomic E-state index is 12.1. The average Bonchev–Trinajstić information content (AvgIpc) is 2.96. The van der Waals surface area contributed by atoms with E-state index in [9.17, 15) is 9.59 Å². The molecule has 2 heterocycles. The van der Waals surface area contributed by atoms with E-state index in [1.54, 1.807) is 0 Å². The molecule has 1 aromatic rings. The molecule has 2 amide bonds. The second-order valence-corrected chi connectivity index (χ2v) is 5.76. The Hall–Kier alpha value is -2.04. The summed E-state index contributed by atoms with van der Waals surface area (Å²) >= 11 is 0. The largest absolute Gasteiger partial charge is 0.371 e. The fourth-order valence-corrected chi connectivity index (χ4v) is 3.03. The molecule has 0 bridgehead atoms. The third-order valence-corrected chi connectivity index (χ3v) is 4.27. The molecule has 2 fully saturated rings. The molecule has 0 radical (unpaired) electrons. The number of nitrogens with one attached hydrogen (secondary N) is 2. The van der Waals surface area contributed by atoms with Crippen LogP contribution in [0.15, 0.2) is 30.3 Å². The maximum Gasteiger partial charge on any atom is 0.242 e. The van der Waals surface area contributed by atoms with Crippen LogP contribution < -0.4 is 15.5 Å². The Morgan fingerprint density at radius 1 is 1.14 bits per heavy atom. The molecule has 2 saturated heterocycles. The number of piperidine rings is 1. The van der Waals surface area contributed by atoms with Gasteiger partial charge in [-0.25, -0.2) is 0 Å². The number of carbonyl (C=O) groups is 2. The molecule has 0 aromatic heterocycles. The van der Waals surface area contributed by atoms with Gasteiger partial charge in [-0.1, -0.05) is 18.2 Å². The maximum atomic E-state index is 12.1. The van der Waals surface area contributed by atoms with Crippen LogP contribution >= 0.6 is 0 Å². The Morgan fingerprint density at radius 2 is 1.86 bits per heavy atom. The first kappa shape index (κ1) is 13.9. The van der Waals surface area contributed by atoms with Crippen LogP contribution in [0.3, 0.4) is 0 Å². The minimum atomic E-state index is -0.329. The standard InChI is InChI=1S/C16H21N3O2/c20-15-7-6-14(18-15)16(21)17-12-8-10-19(11-9-12)13-4-2-1-3-5-13/h1-5,12,14H,6-11H2,(H,17,21)(H,18,20). The molecule has 21 heavy (non-hydrogen) atoms. The average molecular weight is 287 g/mol. The molecule has 0 spiro atoms. The van der Waals surface area contributed by atoms with Crippen LogP contribution in [-0.4, -0.2) is 37.0 Å². The van der Waals surface area contributed by atoms with Crippen LogP contribution in [0, 0.1) is 0 Å². The zero-order valence-electron chi connectivity index (χ0n) is 12.0. The van der Waals surface area contributed by atoms with Crippen molar-refractivity contribution in [2.24, 2.45) is 0 Å². The van der Waals surface area contributed by atoms with Gasteiger partial charge >= 0.3 is 0 Å². The van der Waals surface area contributed by atoms with E-state index in [1.165, 1.54) is 5.69 Å².